The Morgan fingerprint density at radius 3 is 2.46 bits per heavy atom. The van der Waals surface area contributed by atoms with Crippen molar-refractivity contribution in [3.63, 3.8) is 0 Å². The SMILES string of the molecule is CS(=O)(=O)Oc1[c]c(F)c(F)cc1. The molecule has 13 heavy (non-hydrogen) atoms. The summed E-state index contributed by atoms with van der Waals surface area (Å²) in [7, 11) is -3.73. The van der Waals surface area contributed by atoms with Gasteiger partial charge in [-0.2, -0.15) is 8.42 Å². The highest BCUT2D eigenvalue weighted by Gasteiger charge is 2.08. The average Bonchev–Trinajstić information content (AvgIpc) is 1.94. The van der Waals surface area contributed by atoms with Crippen LogP contribution in [-0.4, -0.2) is 14.7 Å². The first kappa shape index (κ1) is 9.91. The third kappa shape index (κ3) is 2.98. The molecule has 1 radical (unpaired) electrons. The van der Waals surface area contributed by atoms with E-state index >= 15 is 0 Å². The summed E-state index contributed by atoms with van der Waals surface area (Å²) in [4.78, 5) is 0. The minimum Gasteiger partial charge on any atom is -0.382 e. The largest absolute Gasteiger partial charge is 0.382 e. The Kier molecular flexibility index (Phi) is 2.51. The molecule has 1 aromatic rings. The van der Waals surface area contributed by atoms with E-state index in [0.717, 1.165) is 18.4 Å². The maximum absolute atomic E-state index is 12.4. The van der Waals surface area contributed by atoms with Gasteiger partial charge in [-0.1, -0.05) is 0 Å². The zero-order valence-corrected chi connectivity index (χ0v) is 7.36. The van der Waals surface area contributed by atoms with Gasteiger partial charge in [0.25, 0.3) is 0 Å². The molecule has 0 fully saturated rings. The molecule has 71 valence electrons. The molecule has 0 aliphatic rings. The lowest BCUT2D eigenvalue weighted by molar-refractivity contribution is 0.475. The highest BCUT2D eigenvalue weighted by molar-refractivity contribution is 7.86. The predicted octanol–water partition coefficient (Wildman–Crippen LogP) is 1.10. The monoisotopic (exact) mass is 207 g/mol. The zero-order chi connectivity index (χ0) is 10.1. The Bertz CT molecular complexity index is 414. The molecule has 0 amide bonds. The van der Waals surface area contributed by atoms with E-state index in [0.29, 0.717) is 0 Å². The van der Waals surface area contributed by atoms with Crippen LogP contribution in [0.25, 0.3) is 0 Å². The van der Waals surface area contributed by atoms with Crippen LogP contribution in [0.2, 0.25) is 0 Å². The minimum absolute atomic E-state index is 0.374. The predicted molar refractivity (Wildman–Crippen MR) is 40.7 cm³/mol. The molecule has 1 aromatic carbocycles. The van der Waals surface area contributed by atoms with E-state index in [4.69, 9.17) is 0 Å². The summed E-state index contributed by atoms with van der Waals surface area (Å²) in [6.45, 7) is 0. The van der Waals surface area contributed by atoms with Gasteiger partial charge in [0.1, 0.15) is 0 Å². The van der Waals surface area contributed by atoms with Crippen LogP contribution in [0.5, 0.6) is 5.75 Å². The van der Waals surface area contributed by atoms with Gasteiger partial charge >= 0.3 is 10.1 Å². The van der Waals surface area contributed by atoms with Crippen molar-refractivity contribution in [1.29, 1.82) is 0 Å². The number of hydrogen-bond acceptors (Lipinski definition) is 3. The Labute approximate surface area is 74.1 Å². The molecule has 1 rings (SSSR count). The molecular weight excluding hydrogens is 202 g/mol. The summed E-state index contributed by atoms with van der Waals surface area (Å²) >= 11 is 0. The van der Waals surface area contributed by atoms with Crippen LogP contribution >= 0.6 is 0 Å². The summed E-state index contributed by atoms with van der Waals surface area (Å²) in [6, 6.07) is 3.52. The van der Waals surface area contributed by atoms with Crippen molar-refractivity contribution < 1.29 is 21.4 Å². The molecule has 0 saturated carbocycles. The van der Waals surface area contributed by atoms with Gasteiger partial charge in [0.15, 0.2) is 17.4 Å². The highest BCUT2D eigenvalue weighted by atomic mass is 32.2. The molecule has 0 aliphatic heterocycles. The zero-order valence-electron chi connectivity index (χ0n) is 6.54. The van der Waals surface area contributed by atoms with Crippen LogP contribution in [0.3, 0.4) is 0 Å². The molecule has 0 aliphatic carbocycles. The minimum atomic E-state index is -3.73. The number of benzene rings is 1. The van der Waals surface area contributed by atoms with Crippen molar-refractivity contribution in [3.05, 3.63) is 29.8 Å². The van der Waals surface area contributed by atoms with Gasteiger partial charge in [-0.15, -0.1) is 0 Å². The maximum atomic E-state index is 12.4. The third-order valence-corrected chi connectivity index (χ3v) is 1.55. The van der Waals surface area contributed by atoms with Gasteiger partial charge in [0, 0.05) is 0 Å². The van der Waals surface area contributed by atoms with E-state index < -0.39 is 21.8 Å². The molecule has 0 spiro atoms. The Hall–Kier alpha value is -1.17. The van der Waals surface area contributed by atoms with Crippen molar-refractivity contribution in [3.8, 4) is 5.75 Å². The molecule has 0 atom stereocenters. The Morgan fingerprint density at radius 1 is 1.38 bits per heavy atom. The molecule has 0 heterocycles. The van der Waals surface area contributed by atoms with E-state index in [-0.39, 0.29) is 5.75 Å². The lowest BCUT2D eigenvalue weighted by atomic mass is 10.3. The third-order valence-electron chi connectivity index (χ3n) is 1.06. The first-order valence-electron chi connectivity index (χ1n) is 3.15. The molecule has 0 bridgehead atoms. The van der Waals surface area contributed by atoms with E-state index in [2.05, 4.69) is 4.18 Å². The average molecular weight is 207 g/mol. The van der Waals surface area contributed by atoms with Crippen molar-refractivity contribution in [2.75, 3.05) is 6.26 Å². The summed E-state index contributed by atoms with van der Waals surface area (Å²) in [6.07, 6.45) is 0.794. The first-order valence-corrected chi connectivity index (χ1v) is 4.97. The summed E-state index contributed by atoms with van der Waals surface area (Å²) in [5, 5.41) is 0. The van der Waals surface area contributed by atoms with E-state index in [1.165, 1.54) is 0 Å². The van der Waals surface area contributed by atoms with E-state index in [1.54, 1.807) is 6.07 Å². The Morgan fingerprint density at radius 2 is 2.00 bits per heavy atom. The van der Waals surface area contributed by atoms with E-state index in [1.807, 2.05) is 0 Å². The highest BCUT2D eigenvalue weighted by Crippen LogP contribution is 2.15. The number of hydrogen-bond donors (Lipinski definition) is 0. The van der Waals surface area contributed by atoms with Gasteiger partial charge in [0.2, 0.25) is 0 Å². The van der Waals surface area contributed by atoms with Crippen LogP contribution < -0.4 is 4.18 Å². The standard InChI is InChI=1S/C7H5F2O3S/c1-13(10,11)12-5-2-3-6(8)7(9)4-5/h2-3H,1H3. The normalized spacial score (nSPS) is 11.3. The van der Waals surface area contributed by atoms with Gasteiger partial charge in [-0.25, -0.2) is 8.78 Å². The fraction of sp³-hybridized carbons (Fsp3) is 0.143. The number of halogens is 2. The first-order chi connectivity index (χ1) is 5.88. The molecule has 0 unspecified atom stereocenters. The van der Waals surface area contributed by atoms with Crippen LogP contribution in [0.4, 0.5) is 8.78 Å². The van der Waals surface area contributed by atoms with Crippen molar-refractivity contribution >= 4 is 10.1 Å². The van der Waals surface area contributed by atoms with Gasteiger partial charge < -0.3 is 4.18 Å². The maximum Gasteiger partial charge on any atom is 0.306 e. The lowest BCUT2D eigenvalue weighted by Gasteiger charge is -2.01. The topological polar surface area (TPSA) is 43.4 Å². The molecule has 0 aromatic heterocycles. The van der Waals surface area contributed by atoms with Crippen molar-refractivity contribution in [2.45, 2.75) is 0 Å². The smallest absolute Gasteiger partial charge is 0.306 e. The summed E-state index contributed by atoms with van der Waals surface area (Å²) < 4.78 is 50.1. The number of rotatable bonds is 2. The van der Waals surface area contributed by atoms with Gasteiger partial charge in [-0.3, -0.25) is 0 Å². The summed E-state index contributed by atoms with van der Waals surface area (Å²) in [5.74, 6) is -2.76. The molecule has 3 nitrogen and oxygen atoms in total. The second-order valence-corrected chi connectivity index (χ2v) is 3.85. The van der Waals surface area contributed by atoms with Gasteiger partial charge in [0.05, 0.1) is 12.3 Å². The van der Waals surface area contributed by atoms with Crippen LogP contribution in [-0.2, 0) is 10.1 Å². The fourth-order valence-electron chi connectivity index (χ4n) is 0.643. The van der Waals surface area contributed by atoms with Crippen LogP contribution in [0.1, 0.15) is 0 Å². The summed E-state index contributed by atoms with van der Waals surface area (Å²) in [5.41, 5.74) is 0. The van der Waals surface area contributed by atoms with Crippen molar-refractivity contribution in [1.82, 2.24) is 0 Å². The van der Waals surface area contributed by atoms with Gasteiger partial charge in [-0.05, 0) is 12.1 Å². The lowest BCUT2D eigenvalue weighted by Crippen LogP contribution is -2.06. The quantitative estimate of drug-likeness (QED) is 0.682. The van der Waals surface area contributed by atoms with Crippen molar-refractivity contribution in [2.24, 2.45) is 0 Å². The second kappa shape index (κ2) is 3.29. The second-order valence-electron chi connectivity index (χ2n) is 2.27. The molecule has 6 heteroatoms. The van der Waals surface area contributed by atoms with E-state index in [9.17, 15) is 17.2 Å². The Balaban J connectivity index is 2.99. The molecular formula is C7H5F2O3S. The van der Waals surface area contributed by atoms with Crippen LogP contribution in [0.15, 0.2) is 12.1 Å². The molecule has 0 saturated heterocycles. The fourth-order valence-corrected chi connectivity index (χ4v) is 1.07. The van der Waals surface area contributed by atoms with Crippen LogP contribution in [0, 0.1) is 17.7 Å². The molecule has 0 N–H and O–H groups in total.